The summed E-state index contributed by atoms with van der Waals surface area (Å²) in [4.78, 5) is 11.9. The Hall–Kier alpha value is -2.34. The lowest BCUT2D eigenvalue weighted by atomic mass is 10.0. The van der Waals surface area contributed by atoms with Crippen LogP contribution < -0.4 is 5.32 Å². The summed E-state index contributed by atoms with van der Waals surface area (Å²) in [6.45, 7) is 1.50. The number of hydrogen-bond acceptors (Lipinski definition) is 2. The zero-order valence-electron chi connectivity index (χ0n) is 11.7. The Balaban J connectivity index is 2.10. The van der Waals surface area contributed by atoms with Crippen molar-refractivity contribution in [3.8, 4) is 0 Å². The summed E-state index contributed by atoms with van der Waals surface area (Å²) in [6.07, 6.45) is -1.11. The van der Waals surface area contributed by atoms with Crippen molar-refractivity contribution in [2.75, 3.05) is 0 Å². The summed E-state index contributed by atoms with van der Waals surface area (Å²) < 4.78 is 39.4. The SMILES string of the molecule is CC(NC(=O)c1cc(F)ccc1F)C(O)c1ccc(F)cc1. The Morgan fingerprint density at radius 1 is 1.05 bits per heavy atom. The number of carbonyl (C=O) groups is 1. The van der Waals surface area contributed by atoms with E-state index in [1.807, 2.05) is 0 Å². The highest BCUT2D eigenvalue weighted by Gasteiger charge is 2.21. The number of hydrogen-bond donors (Lipinski definition) is 2. The van der Waals surface area contributed by atoms with E-state index in [4.69, 9.17) is 0 Å². The van der Waals surface area contributed by atoms with Crippen LogP contribution in [0, 0.1) is 17.5 Å². The highest BCUT2D eigenvalue weighted by molar-refractivity contribution is 5.94. The molecule has 0 aromatic heterocycles. The monoisotopic (exact) mass is 309 g/mol. The molecule has 2 aromatic rings. The van der Waals surface area contributed by atoms with Crippen LogP contribution in [0.4, 0.5) is 13.2 Å². The molecule has 116 valence electrons. The summed E-state index contributed by atoms with van der Waals surface area (Å²) in [5.74, 6) is -2.89. The van der Waals surface area contributed by atoms with Crippen LogP contribution in [0.3, 0.4) is 0 Å². The van der Waals surface area contributed by atoms with E-state index in [1.54, 1.807) is 0 Å². The molecule has 0 bridgehead atoms. The first-order valence-electron chi connectivity index (χ1n) is 6.58. The molecule has 0 heterocycles. The van der Waals surface area contributed by atoms with E-state index in [-0.39, 0.29) is 0 Å². The van der Waals surface area contributed by atoms with Gasteiger partial charge in [0.1, 0.15) is 17.5 Å². The number of aliphatic hydroxyl groups excluding tert-OH is 1. The average Bonchev–Trinajstić information content (AvgIpc) is 2.49. The predicted octanol–water partition coefficient (Wildman–Crippen LogP) is 2.96. The zero-order valence-corrected chi connectivity index (χ0v) is 11.7. The topological polar surface area (TPSA) is 49.3 Å². The largest absolute Gasteiger partial charge is 0.386 e. The molecule has 1 amide bonds. The van der Waals surface area contributed by atoms with Gasteiger partial charge in [-0.2, -0.15) is 0 Å². The minimum atomic E-state index is -1.11. The van der Waals surface area contributed by atoms with Gasteiger partial charge in [0.25, 0.3) is 5.91 Å². The van der Waals surface area contributed by atoms with E-state index in [2.05, 4.69) is 5.32 Å². The molecule has 6 heteroatoms. The number of amides is 1. The van der Waals surface area contributed by atoms with Crippen molar-refractivity contribution in [1.29, 1.82) is 0 Å². The van der Waals surface area contributed by atoms with Crippen LogP contribution in [0.25, 0.3) is 0 Å². The van der Waals surface area contributed by atoms with E-state index in [0.717, 1.165) is 18.2 Å². The van der Waals surface area contributed by atoms with Gasteiger partial charge in [-0.25, -0.2) is 13.2 Å². The Bertz CT molecular complexity index is 674. The van der Waals surface area contributed by atoms with Gasteiger partial charge in [0.15, 0.2) is 0 Å². The van der Waals surface area contributed by atoms with Gasteiger partial charge < -0.3 is 10.4 Å². The summed E-state index contributed by atoms with van der Waals surface area (Å²) in [5.41, 5.74) is -0.0490. The van der Waals surface area contributed by atoms with Gasteiger partial charge in [0.05, 0.1) is 17.7 Å². The molecule has 2 aromatic carbocycles. The number of carbonyl (C=O) groups excluding carboxylic acids is 1. The molecule has 0 radical (unpaired) electrons. The van der Waals surface area contributed by atoms with Crippen molar-refractivity contribution in [1.82, 2.24) is 5.32 Å². The molecule has 0 spiro atoms. The summed E-state index contributed by atoms with van der Waals surface area (Å²) in [7, 11) is 0. The third-order valence-corrected chi connectivity index (χ3v) is 3.22. The fourth-order valence-corrected chi connectivity index (χ4v) is 1.98. The van der Waals surface area contributed by atoms with Gasteiger partial charge in [-0.05, 0) is 42.8 Å². The lowest BCUT2D eigenvalue weighted by Crippen LogP contribution is -2.37. The molecule has 0 saturated heterocycles. The fourth-order valence-electron chi connectivity index (χ4n) is 1.98. The van der Waals surface area contributed by atoms with Crippen LogP contribution in [-0.2, 0) is 0 Å². The predicted molar refractivity (Wildman–Crippen MR) is 74.6 cm³/mol. The first-order valence-corrected chi connectivity index (χ1v) is 6.58. The zero-order chi connectivity index (χ0) is 16.3. The lowest BCUT2D eigenvalue weighted by Gasteiger charge is -2.20. The third-order valence-electron chi connectivity index (χ3n) is 3.22. The third kappa shape index (κ3) is 3.65. The van der Waals surface area contributed by atoms with Crippen molar-refractivity contribution in [2.24, 2.45) is 0 Å². The number of nitrogens with one attached hydrogen (secondary N) is 1. The van der Waals surface area contributed by atoms with E-state index in [9.17, 15) is 23.1 Å². The second-order valence-electron chi connectivity index (χ2n) is 4.88. The highest BCUT2D eigenvalue weighted by atomic mass is 19.1. The van der Waals surface area contributed by atoms with Crippen molar-refractivity contribution in [3.63, 3.8) is 0 Å². The van der Waals surface area contributed by atoms with Crippen molar-refractivity contribution < 1.29 is 23.1 Å². The second-order valence-corrected chi connectivity index (χ2v) is 4.88. The second kappa shape index (κ2) is 6.62. The van der Waals surface area contributed by atoms with Crippen molar-refractivity contribution in [2.45, 2.75) is 19.1 Å². The standard InChI is InChI=1S/C16H14F3NO2/c1-9(15(21)10-2-4-11(17)5-3-10)20-16(22)13-8-12(18)6-7-14(13)19/h2-9,15,21H,1H3,(H,20,22). The molecular formula is C16H14F3NO2. The van der Waals surface area contributed by atoms with Gasteiger partial charge in [-0.15, -0.1) is 0 Å². The number of benzene rings is 2. The Kier molecular flexibility index (Phi) is 4.82. The molecule has 2 rings (SSSR count). The number of halogens is 3. The first-order chi connectivity index (χ1) is 10.4. The molecule has 0 aliphatic rings. The molecule has 22 heavy (non-hydrogen) atoms. The first kappa shape index (κ1) is 16.0. The minimum Gasteiger partial charge on any atom is -0.386 e. The Labute approximate surface area is 125 Å². The van der Waals surface area contributed by atoms with Crippen molar-refractivity contribution in [3.05, 3.63) is 71.0 Å². The van der Waals surface area contributed by atoms with Crippen molar-refractivity contribution >= 4 is 5.91 Å². The van der Waals surface area contributed by atoms with E-state index < -0.39 is 41.1 Å². The van der Waals surface area contributed by atoms with Gasteiger partial charge in [-0.1, -0.05) is 12.1 Å². The summed E-state index contributed by atoms with van der Waals surface area (Å²) in [6, 6.07) is 6.88. The quantitative estimate of drug-likeness (QED) is 0.912. The van der Waals surface area contributed by atoms with Crippen LogP contribution >= 0.6 is 0 Å². The molecule has 0 saturated carbocycles. The van der Waals surface area contributed by atoms with Crippen LogP contribution in [0.15, 0.2) is 42.5 Å². The van der Waals surface area contributed by atoms with E-state index in [0.29, 0.717) is 5.56 Å². The summed E-state index contributed by atoms with van der Waals surface area (Å²) in [5, 5.41) is 12.5. The average molecular weight is 309 g/mol. The van der Waals surface area contributed by atoms with Crippen LogP contribution in [0.5, 0.6) is 0 Å². The maximum absolute atomic E-state index is 13.5. The number of aliphatic hydroxyl groups is 1. The minimum absolute atomic E-state index is 0.397. The van der Waals surface area contributed by atoms with Gasteiger partial charge in [0.2, 0.25) is 0 Å². The smallest absolute Gasteiger partial charge is 0.254 e. The van der Waals surface area contributed by atoms with Crippen LogP contribution in [0.1, 0.15) is 28.9 Å². The maximum atomic E-state index is 13.5. The molecule has 0 fully saturated rings. The maximum Gasteiger partial charge on any atom is 0.254 e. The normalized spacial score (nSPS) is 13.5. The highest BCUT2D eigenvalue weighted by Crippen LogP contribution is 2.18. The van der Waals surface area contributed by atoms with Crippen LogP contribution in [0.2, 0.25) is 0 Å². The van der Waals surface area contributed by atoms with Gasteiger partial charge in [0, 0.05) is 0 Å². The molecule has 2 unspecified atom stereocenters. The van der Waals surface area contributed by atoms with E-state index in [1.165, 1.54) is 31.2 Å². The Morgan fingerprint density at radius 2 is 1.64 bits per heavy atom. The number of rotatable bonds is 4. The molecule has 3 nitrogen and oxygen atoms in total. The fraction of sp³-hybridized carbons (Fsp3) is 0.188. The Morgan fingerprint density at radius 3 is 2.27 bits per heavy atom. The van der Waals surface area contributed by atoms with E-state index >= 15 is 0 Å². The summed E-state index contributed by atoms with van der Waals surface area (Å²) >= 11 is 0. The van der Waals surface area contributed by atoms with Gasteiger partial charge >= 0.3 is 0 Å². The van der Waals surface area contributed by atoms with Crippen LogP contribution in [-0.4, -0.2) is 17.1 Å². The molecule has 0 aliphatic heterocycles. The molecular weight excluding hydrogens is 295 g/mol. The van der Waals surface area contributed by atoms with Gasteiger partial charge in [-0.3, -0.25) is 4.79 Å². The lowest BCUT2D eigenvalue weighted by molar-refractivity contribution is 0.0847. The molecule has 2 N–H and O–H groups in total. The molecule has 0 aliphatic carbocycles. The molecule has 2 atom stereocenters.